The molecule has 0 saturated heterocycles. The van der Waals surface area contributed by atoms with Crippen molar-refractivity contribution in [2.45, 2.75) is 57.3 Å². The van der Waals surface area contributed by atoms with Crippen molar-refractivity contribution in [1.82, 2.24) is 10.6 Å². The number of nitrogens with zero attached hydrogens (tertiary/aromatic N) is 2. The summed E-state index contributed by atoms with van der Waals surface area (Å²) in [6.45, 7) is 8.49. The van der Waals surface area contributed by atoms with Gasteiger partial charge in [0.25, 0.3) is 0 Å². The number of halogens is 4. The summed E-state index contributed by atoms with van der Waals surface area (Å²) in [5.41, 5.74) is 8.29. The normalized spacial score (nSPS) is 16.7. The van der Waals surface area contributed by atoms with Gasteiger partial charge in [-0.05, 0) is 131 Å². The molecule has 4 aromatic carbocycles. The predicted octanol–water partition coefficient (Wildman–Crippen LogP) is 10.9. The van der Waals surface area contributed by atoms with Gasteiger partial charge < -0.3 is 65.2 Å². The molecule has 2 aromatic heterocycles. The summed E-state index contributed by atoms with van der Waals surface area (Å²) in [7, 11) is 6.71. The van der Waals surface area contributed by atoms with Gasteiger partial charge in [0.2, 0.25) is 23.3 Å². The van der Waals surface area contributed by atoms with E-state index < -0.39 is 34.5 Å². The maximum Gasteiger partial charge on any atom is 1.00 e. The number of furan rings is 2. The largest absolute Gasteiger partial charge is 1.00 e. The Bertz CT molecular complexity index is 3290. The first-order valence-corrected chi connectivity index (χ1v) is 23.6. The number of methoxy groups -OCH3 is 5. The summed E-state index contributed by atoms with van der Waals surface area (Å²) >= 11 is 0. The van der Waals surface area contributed by atoms with Gasteiger partial charge in [-0.25, -0.2) is 27.9 Å². The smallest absolute Gasteiger partial charge is 0.512 e. The zero-order chi connectivity index (χ0) is 57.1. The third-order valence-electron chi connectivity index (χ3n) is 13.4. The molecule has 1 saturated carbocycles. The van der Waals surface area contributed by atoms with E-state index in [9.17, 15) is 33.4 Å². The van der Waals surface area contributed by atoms with E-state index in [1.165, 1.54) is 103 Å². The van der Waals surface area contributed by atoms with E-state index >= 15 is 8.78 Å². The Kier molecular flexibility index (Phi) is 20.5. The standard InChI is InChI=1S/C27H25F2NO5.C26H23F2NO5.C3H6N2O2.CN.Cu/c1-15-19(12-24(31)30-13-18-5-4-8-35-18)20-11-17(28)6-7-21(20)26(15)14-27(26,29)16-9-22(33-2)25(32)23(10-16)34-3;1-14-19(12-23(30)29-13-17-5-4-8-34-17)20-11-16(27)6-7-18(20)24(14)25(28)15-9-21(32-2)26(31)22(10-15)33-3;1-7-3(6)2-5-4;1-2;/h4-11,32H,12-14H2,1-3H3,(H,30,31);4-11,31H,12-13H2,1-3H3,(H,29,30);4H,2H2,1H3;;/q;;;-1;+1/b;25-24+;;;. The van der Waals surface area contributed by atoms with Crippen molar-refractivity contribution in [1.29, 1.82) is 10.8 Å². The first-order chi connectivity index (χ1) is 37.4. The number of rotatable bonds is 16. The zero-order valence-electron chi connectivity index (χ0n) is 43.7. The van der Waals surface area contributed by atoms with Crippen LogP contribution < -0.4 is 29.6 Å². The van der Waals surface area contributed by atoms with E-state index in [1.807, 2.05) is 0 Å². The number of alkyl halides is 1. The molecule has 2 heterocycles. The number of amides is 2. The third kappa shape index (κ3) is 12.6. The number of carbonyl (C=O) groups excluding carboxylic acids is 3. The molecular formula is C57H54CuF4N5O12. The van der Waals surface area contributed by atoms with Crippen molar-refractivity contribution in [3.05, 3.63) is 172 Å². The molecule has 6 aromatic rings. The average Bonchev–Trinajstić information content (AvgIpc) is 3.87. The van der Waals surface area contributed by atoms with Gasteiger partial charge in [-0.2, -0.15) is 5.11 Å². The minimum atomic E-state index is -1.86. The summed E-state index contributed by atoms with van der Waals surface area (Å²) in [5, 5.41) is 35.0. The minimum absolute atomic E-state index is 0. The molecule has 22 heteroatoms. The number of phenolic OH excluding ortho intramolecular Hbond substituents is 2. The molecule has 418 valence electrons. The van der Waals surface area contributed by atoms with Gasteiger partial charge >= 0.3 is 23.0 Å². The minimum Gasteiger partial charge on any atom is -0.512 e. The molecule has 79 heavy (non-hydrogen) atoms. The molecule has 2 unspecified atom stereocenters. The Morgan fingerprint density at radius 1 is 0.722 bits per heavy atom. The van der Waals surface area contributed by atoms with Crippen LogP contribution in [0.1, 0.15) is 78.0 Å². The van der Waals surface area contributed by atoms with E-state index in [0.29, 0.717) is 56.1 Å². The molecule has 3 aliphatic rings. The molecule has 5 N–H and O–H groups in total. The molecule has 0 bridgehead atoms. The van der Waals surface area contributed by atoms with Crippen LogP contribution in [0.5, 0.6) is 34.5 Å². The molecule has 17 nitrogen and oxygen atoms in total. The number of benzene rings is 4. The second kappa shape index (κ2) is 26.5. The molecular weight excluding hydrogens is 1090 g/mol. The van der Waals surface area contributed by atoms with Crippen LogP contribution in [0.3, 0.4) is 0 Å². The van der Waals surface area contributed by atoms with Crippen LogP contribution in [0.15, 0.2) is 123 Å². The Labute approximate surface area is 462 Å². The first-order valence-electron chi connectivity index (χ1n) is 23.6. The fourth-order valence-corrected chi connectivity index (χ4v) is 9.55. The monoisotopic (exact) mass is 1140 g/mol. The van der Waals surface area contributed by atoms with Gasteiger partial charge in [0.15, 0.2) is 35.2 Å². The van der Waals surface area contributed by atoms with Crippen LogP contribution in [0.2, 0.25) is 0 Å². The van der Waals surface area contributed by atoms with Crippen LogP contribution in [-0.2, 0) is 60.4 Å². The van der Waals surface area contributed by atoms with Crippen molar-refractivity contribution in [2.24, 2.45) is 5.11 Å². The molecule has 1 fully saturated rings. The first kappa shape index (κ1) is 61.1. The van der Waals surface area contributed by atoms with Gasteiger partial charge in [-0.15, -0.1) is 0 Å². The Morgan fingerprint density at radius 3 is 1.66 bits per heavy atom. The van der Waals surface area contributed by atoms with Crippen LogP contribution >= 0.6 is 0 Å². The van der Waals surface area contributed by atoms with Crippen molar-refractivity contribution < 1.29 is 91.7 Å². The van der Waals surface area contributed by atoms with Crippen molar-refractivity contribution >= 4 is 40.3 Å². The Hall–Kier alpha value is -8.80. The van der Waals surface area contributed by atoms with Gasteiger partial charge in [0.1, 0.15) is 29.0 Å². The topological polar surface area (TPSA) is 248 Å². The Morgan fingerprint density at radius 2 is 1.20 bits per heavy atom. The summed E-state index contributed by atoms with van der Waals surface area (Å²) in [6.07, 6.45) is 3.05. The number of hydrogen-bond acceptors (Lipinski definition) is 15. The number of esters is 1. The third-order valence-corrected chi connectivity index (χ3v) is 13.4. The number of allylic oxidation sites excluding steroid dienone is 3. The van der Waals surface area contributed by atoms with Crippen LogP contribution in [0, 0.1) is 29.0 Å². The molecule has 2 atom stereocenters. The van der Waals surface area contributed by atoms with Crippen LogP contribution in [-0.4, -0.2) is 70.1 Å². The maximum atomic E-state index is 16.8. The summed E-state index contributed by atoms with van der Waals surface area (Å²) in [4.78, 5) is 35.4. The van der Waals surface area contributed by atoms with Gasteiger partial charge in [0, 0.05) is 17.6 Å². The van der Waals surface area contributed by atoms with E-state index in [-0.39, 0.29) is 119 Å². The second-order valence-corrected chi connectivity index (χ2v) is 17.6. The summed E-state index contributed by atoms with van der Waals surface area (Å²) in [5.74, 6) is -1.62. The maximum absolute atomic E-state index is 16.8. The fraction of sp³-hybridized carbons (Fsp3) is 0.263. The number of fused-ring (bicyclic) bond motifs is 3. The summed E-state index contributed by atoms with van der Waals surface area (Å²) < 4.78 is 96.5. The van der Waals surface area contributed by atoms with E-state index in [4.69, 9.17) is 45.1 Å². The van der Waals surface area contributed by atoms with Gasteiger partial charge in [0.05, 0.1) is 79.4 Å². The number of carbonyl (C=O) groups is 3. The fourth-order valence-electron chi connectivity index (χ4n) is 9.55. The van der Waals surface area contributed by atoms with E-state index in [1.54, 1.807) is 44.2 Å². The molecule has 3 aliphatic carbocycles. The SMILES string of the molecule is COC(=O)CN=N.COc1cc(/C(F)=C2/C(C)=C(CC(=O)NCc3ccco3)c3cc(F)ccc32)cc(OC)c1O.COc1cc(C2(F)CC23C(C)=C(CC(=O)NCc2ccco2)c2cc(F)ccc23)cc(OC)c1O.[C-]#N.[Cu+]. The van der Waals surface area contributed by atoms with Crippen LogP contribution in [0.25, 0.3) is 22.5 Å². The average molecular weight is 1140 g/mol. The van der Waals surface area contributed by atoms with Crippen molar-refractivity contribution in [3.8, 4) is 34.5 Å². The number of nitrogens with one attached hydrogen (secondary N) is 3. The number of hydrogen-bond donors (Lipinski definition) is 5. The molecule has 2 amide bonds. The number of aromatic hydroxyl groups is 2. The van der Waals surface area contributed by atoms with Crippen molar-refractivity contribution in [3.63, 3.8) is 0 Å². The van der Waals surface area contributed by atoms with Gasteiger partial charge in [-0.1, -0.05) is 17.7 Å². The molecule has 9 rings (SSSR count). The predicted molar refractivity (Wildman–Crippen MR) is 275 cm³/mol. The molecule has 0 radical (unpaired) electrons. The molecule has 0 aliphatic heterocycles. The number of phenols is 2. The zero-order valence-corrected chi connectivity index (χ0v) is 44.6. The quantitative estimate of drug-likeness (QED) is 0.0199. The van der Waals surface area contributed by atoms with Gasteiger partial charge in [-0.3, -0.25) is 9.59 Å². The van der Waals surface area contributed by atoms with Crippen LogP contribution in [0.4, 0.5) is 17.6 Å². The second-order valence-electron chi connectivity index (χ2n) is 17.6. The van der Waals surface area contributed by atoms with Crippen molar-refractivity contribution in [2.75, 3.05) is 42.1 Å². The Balaban J connectivity index is 0.000000250. The summed E-state index contributed by atoms with van der Waals surface area (Å²) in [6, 6.07) is 20.9. The van der Waals surface area contributed by atoms with E-state index in [0.717, 1.165) is 0 Å². The molecule has 1 spiro atoms. The number of ether oxygens (including phenoxy) is 5. The van der Waals surface area contributed by atoms with E-state index in [2.05, 4.69) is 20.5 Å².